The molecule has 0 amide bonds. The second kappa shape index (κ2) is 5.82. The molecule has 2 nitrogen and oxygen atoms in total. The first-order chi connectivity index (χ1) is 8.94. The Kier molecular flexibility index (Phi) is 4.34. The number of ether oxygens (including phenoxy) is 1. The number of hydrogen-bond acceptors (Lipinski definition) is 2. The van der Waals surface area contributed by atoms with Crippen molar-refractivity contribution < 1.29 is 17.9 Å². The smallest absolute Gasteiger partial charge is 0.406 e. The van der Waals surface area contributed by atoms with E-state index in [4.69, 9.17) is 5.73 Å². The highest BCUT2D eigenvalue weighted by atomic mass is 19.4. The van der Waals surface area contributed by atoms with E-state index in [9.17, 15) is 13.2 Å². The molecule has 2 N–H and O–H groups in total. The van der Waals surface area contributed by atoms with Gasteiger partial charge >= 0.3 is 6.36 Å². The van der Waals surface area contributed by atoms with Gasteiger partial charge in [0.15, 0.2) is 0 Å². The molecule has 19 heavy (non-hydrogen) atoms. The third-order valence-electron chi connectivity index (χ3n) is 3.39. The number of rotatable bonds is 6. The van der Waals surface area contributed by atoms with Crippen molar-refractivity contribution in [2.45, 2.75) is 44.5 Å². The Morgan fingerprint density at radius 1 is 1.21 bits per heavy atom. The molecule has 1 aliphatic carbocycles. The van der Waals surface area contributed by atoms with Gasteiger partial charge in [0, 0.05) is 6.04 Å². The summed E-state index contributed by atoms with van der Waals surface area (Å²) in [5, 5.41) is 0. The number of benzene rings is 1. The number of nitrogens with two attached hydrogens (primary N) is 1. The highest BCUT2D eigenvalue weighted by Gasteiger charge is 2.31. The summed E-state index contributed by atoms with van der Waals surface area (Å²) in [6.45, 7) is 0. The first kappa shape index (κ1) is 14.2. The summed E-state index contributed by atoms with van der Waals surface area (Å²) in [4.78, 5) is 0. The highest BCUT2D eigenvalue weighted by molar-refractivity contribution is 5.27. The van der Waals surface area contributed by atoms with E-state index in [-0.39, 0.29) is 11.8 Å². The minimum atomic E-state index is -4.63. The zero-order valence-electron chi connectivity index (χ0n) is 10.6. The van der Waals surface area contributed by atoms with Crippen molar-refractivity contribution in [2.75, 3.05) is 0 Å². The second-order valence-electron chi connectivity index (χ2n) is 5.09. The van der Waals surface area contributed by atoms with E-state index in [2.05, 4.69) is 4.74 Å². The molecule has 1 aromatic rings. The number of halogens is 3. The molecule has 1 fully saturated rings. The first-order valence-electron chi connectivity index (χ1n) is 6.54. The third kappa shape index (κ3) is 5.11. The summed E-state index contributed by atoms with van der Waals surface area (Å²) in [6.07, 6.45) is 0.642. The fourth-order valence-corrected chi connectivity index (χ4v) is 2.16. The Morgan fingerprint density at radius 3 is 2.37 bits per heavy atom. The summed E-state index contributed by atoms with van der Waals surface area (Å²) in [5.74, 6) is 0.522. The van der Waals surface area contributed by atoms with Crippen LogP contribution in [0.1, 0.15) is 31.2 Å². The zero-order chi connectivity index (χ0) is 13.9. The molecule has 0 saturated heterocycles. The van der Waals surface area contributed by atoms with Gasteiger partial charge < -0.3 is 10.5 Å². The van der Waals surface area contributed by atoms with E-state index in [0.717, 1.165) is 24.8 Å². The summed E-state index contributed by atoms with van der Waals surface area (Å²) in [5.41, 5.74) is 7.00. The van der Waals surface area contributed by atoms with Crippen LogP contribution in [0, 0.1) is 5.92 Å². The van der Waals surface area contributed by atoms with Crippen LogP contribution in [0.25, 0.3) is 0 Å². The van der Waals surface area contributed by atoms with E-state index < -0.39 is 6.36 Å². The lowest BCUT2D eigenvalue weighted by Gasteiger charge is -2.11. The summed E-state index contributed by atoms with van der Waals surface area (Å²) >= 11 is 0. The minimum Gasteiger partial charge on any atom is -0.406 e. The molecule has 1 aliphatic rings. The van der Waals surface area contributed by atoms with Gasteiger partial charge in [-0.05, 0) is 55.7 Å². The predicted octanol–water partition coefficient (Wildman–Crippen LogP) is 3.65. The van der Waals surface area contributed by atoms with E-state index in [1.807, 2.05) is 0 Å². The van der Waals surface area contributed by atoms with E-state index >= 15 is 0 Å². The molecule has 0 aromatic heterocycles. The number of alkyl halides is 3. The first-order valence-corrected chi connectivity index (χ1v) is 6.54. The van der Waals surface area contributed by atoms with Crippen LogP contribution in [0.4, 0.5) is 13.2 Å². The molecule has 1 saturated carbocycles. The fraction of sp³-hybridized carbons (Fsp3) is 0.571. The van der Waals surface area contributed by atoms with Crippen molar-refractivity contribution in [2.24, 2.45) is 11.7 Å². The average Bonchev–Trinajstić information content (AvgIpc) is 3.13. The van der Waals surface area contributed by atoms with Crippen molar-refractivity contribution in [1.29, 1.82) is 0 Å². The van der Waals surface area contributed by atoms with Gasteiger partial charge in [-0.3, -0.25) is 0 Å². The van der Waals surface area contributed by atoms with Crippen LogP contribution in [0.5, 0.6) is 5.75 Å². The van der Waals surface area contributed by atoms with E-state index in [1.165, 1.54) is 25.0 Å². The van der Waals surface area contributed by atoms with E-state index in [0.29, 0.717) is 5.92 Å². The van der Waals surface area contributed by atoms with Crippen molar-refractivity contribution in [3.63, 3.8) is 0 Å². The molecule has 0 heterocycles. The van der Waals surface area contributed by atoms with Crippen LogP contribution in [0.2, 0.25) is 0 Å². The lowest BCUT2D eigenvalue weighted by Crippen LogP contribution is -2.22. The Hall–Kier alpha value is -1.23. The van der Waals surface area contributed by atoms with Crippen LogP contribution in [-0.4, -0.2) is 12.4 Å². The largest absolute Gasteiger partial charge is 0.573 e. The Bertz CT molecular complexity index is 398. The van der Waals surface area contributed by atoms with Crippen LogP contribution >= 0.6 is 0 Å². The lowest BCUT2D eigenvalue weighted by atomic mass is 10.0. The molecule has 0 radical (unpaired) electrons. The maximum absolute atomic E-state index is 12.0. The lowest BCUT2D eigenvalue weighted by molar-refractivity contribution is -0.274. The standard InChI is InChI=1S/C14H18F3NO/c15-14(16,17)19-12-8-4-10(5-9-12)2-1-3-13(18)11-6-7-11/h4-5,8-9,11,13H,1-3,6-7,18H2. The predicted molar refractivity (Wildman–Crippen MR) is 66.8 cm³/mol. The second-order valence-corrected chi connectivity index (χ2v) is 5.09. The van der Waals surface area contributed by atoms with Crippen molar-refractivity contribution in [3.05, 3.63) is 29.8 Å². The maximum atomic E-state index is 12.0. The highest BCUT2D eigenvalue weighted by Crippen LogP contribution is 2.33. The summed E-state index contributed by atoms with van der Waals surface area (Å²) in [7, 11) is 0. The molecule has 1 aromatic carbocycles. The van der Waals surface area contributed by atoms with Gasteiger partial charge in [0.2, 0.25) is 0 Å². The van der Waals surface area contributed by atoms with Crippen molar-refractivity contribution in [1.82, 2.24) is 0 Å². The third-order valence-corrected chi connectivity index (χ3v) is 3.39. The maximum Gasteiger partial charge on any atom is 0.573 e. The number of aryl methyl sites for hydroxylation is 1. The number of hydrogen-bond donors (Lipinski definition) is 1. The Labute approximate surface area is 110 Å². The molecule has 106 valence electrons. The molecule has 1 unspecified atom stereocenters. The molecule has 0 spiro atoms. The van der Waals surface area contributed by atoms with Crippen LogP contribution in [0.3, 0.4) is 0 Å². The Morgan fingerprint density at radius 2 is 1.84 bits per heavy atom. The van der Waals surface area contributed by atoms with Crippen molar-refractivity contribution >= 4 is 0 Å². The van der Waals surface area contributed by atoms with Gasteiger partial charge in [0.1, 0.15) is 5.75 Å². The summed E-state index contributed by atoms with van der Waals surface area (Å²) < 4.78 is 39.8. The molecular formula is C14H18F3NO. The quantitative estimate of drug-likeness (QED) is 0.858. The van der Waals surface area contributed by atoms with Gasteiger partial charge in [0.05, 0.1) is 0 Å². The van der Waals surface area contributed by atoms with Gasteiger partial charge in [-0.15, -0.1) is 13.2 Å². The van der Waals surface area contributed by atoms with Gasteiger partial charge in [-0.1, -0.05) is 12.1 Å². The van der Waals surface area contributed by atoms with E-state index in [1.54, 1.807) is 12.1 Å². The molecular weight excluding hydrogens is 255 g/mol. The topological polar surface area (TPSA) is 35.2 Å². The molecule has 2 rings (SSSR count). The normalized spacial score (nSPS) is 17.3. The molecule has 1 atom stereocenters. The fourth-order valence-electron chi connectivity index (χ4n) is 2.16. The van der Waals surface area contributed by atoms with Crippen LogP contribution in [-0.2, 0) is 6.42 Å². The van der Waals surface area contributed by atoms with Crippen LogP contribution in [0.15, 0.2) is 24.3 Å². The van der Waals surface area contributed by atoms with Crippen LogP contribution < -0.4 is 10.5 Å². The van der Waals surface area contributed by atoms with Gasteiger partial charge in [-0.2, -0.15) is 0 Å². The summed E-state index contributed by atoms with van der Waals surface area (Å²) in [6, 6.07) is 6.33. The monoisotopic (exact) mass is 273 g/mol. The van der Waals surface area contributed by atoms with Gasteiger partial charge in [0.25, 0.3) is 0 Å². The molecule has 0 aliphatic heterocycles. The molecule has 5 heteroatoms. The van der Waals surface area contributed by atoms with Gasteiger partial charge in [-0.25, -0.2) is 0 Å². The average molecular weight is 273 g/mol. The SMILES string of the molecule is NC(CCCc1ccc(OC(F)(F)F)cc1)C1CC1. The minimum absolute atomic E-state index is 0.175. The Balaban J connectivity index is 1.75. The zero-order valence-corrected chi connectivity index (χ0v) is 10.6. The molecule has 0 bridgehead atoms. The van der Waals surface area contributed by atoms with Crippen molar-refractivity contribution in [3.8, 4) is 5.75 Å².